The van der Waals surface area contributed by atoms with E-state index in [-0.39, 0.29) is 30.1 Å². The number of hydrogen-bond acceptors (Lipinski definition) is 7. The Bertz CT molecular complexity index is 1620. The first-order chi connectivity index (χ1) is 21.3. The van der Waals surface area contributed by atoms with Gasteiger partial charge in [-0.15, -0.1) is 11.3 Å². The number of benzene rings is 2. The molecule has 2 aliphatic carbocycles. The number of ether oxygens (including phenoxy) is 3. The van der Waals surface area contributed by atoms with Crippen LogP contribution < -0.4 is 9.47 Å². The SMILES string of the molecule is COc1ccc2c3c1O[C@H]1[C@@H](N(C)C(=O)/C=C/c4cc(Br)cs4)CC[C@@]4(OC(C)=O)[C@@H](C2)N(CCc2ccccc2)CC[C@]314. The van der Waals surface area contributed by atoms with Crippen molar-refractivity contribution in [2.24, 2.45) is 0 Å². The molecule has 1 aromatic heterocycles. The summed E-state index contributed by atoms with van der Waals surface area (Å²) in [5, 5.41) is 2.00. The number of hydrogen-bond donors (Lipinski definition) is 0. The van der Waals surface area contributed by atoms with E-state index in [4.69, 9.17) is 14.2 Å². The van der Waals surface area contributed by atoms with Crippen molar-refractivity contribution in [1.82, 2.24) is 9.80 Å². The number of rotatable bonds is 8. The Hall–Kier alpha value is -3.14. The summed E-state index contributed by atoms with van der Waals surface area (Å²) in [6, 6.07) is 16.5. The minimum Gasteiger partial charge on any atom is -0.493 e. The molecule has 2 aromatic carbocycles. The van der Waals surface area contributed by atoms with Crippen LogP contribution in [0.3, 0.4) is 0 Å². The van der Waals surface area contributed by atoms with Crippen LogP contribution in [0, 0.1) is 0 Å². The van der Waals surface area contributed by atoms with Crippen LogP contribution in [0.5, 0.6) is 11.5 Å². The molecule has 7 nitrogen and oxygen atoms in total. The molecule has 0 radical (unpaired) electrons. The summed E-state index contributed by atoms with van der Waals surface area (Å²) in [6.45, 7) is 3.26. The number of nitrogens with zero attached hydrogens (tertiary/aromatic N) is 2. The second kappa shape index (κ2) is 11.3. The van der Waals surface area contributed by atoms with Crippen molar-refractivity contribution >= 4 is 45.2 Å². The zero-order valence-electron chi connectivity index (χ0n) is 25.3. The third-order valence-electron chi connectivity index (χ3n) is 10.4. The molecule has 230 valence electrons. The molecule has 2 bridgehead atoms. The van der Waals surface area contributed by atoms with Gasteiger partial charge in [-0.3, -0.25) is 14.5 Å². The average Bonchev–Trinajstić information content (AvgIpc) is 3.60. The van der Waals surface area contributed by atoms with E-state index in [0.29, 0.717) is 18.6 Å². The lowest BCUT2D eigenvalue weighted by molar-refractivity contribution is -0.223. The molecular weight excluding hydrogens is 640 g/mol. The highest BCUT2D eigenvalue weighted by molar-refractivity contribution is 9.10. The van der Waals surface area contributed by atoms with Gasteiger partial charge >= 0.3 is 5.97 Å². The molecule has 2 aliphatic heterocycles. The van der Waals surface area contributed by atoms with Gasteiger partial charge in [0.15, 0.2) is 11.5 Å². The number of piperidine rings is 1. The van der Waals surface area contributed by atoms with Crippen molar-refractivity contribution in [3.63, 3.8) is 0 Å². The van der Waals surface area contributed by atoms with Crippen LogP contribution in [0.2, 0.25) is 0 Å². The van der Waals surface area contributed by atoms with Crippen molar-refractivity contribution < 1.29 is 23.8 Å². The van der Waals surface area contributed by atoms with Gasteiger partial charge < -0.3 is 19.1 Å². The molecule has 2 fully saturated rings. The fourth-order valence-electron chi connectivity index (χ4n) is 8.62. The maximum absolute atomic E-state index is 13.6. The molecule has 5 atom stereocenters. The first-order valence-corrected chi connectivity index (χ1v) is 17.0. The Morgan fingerprint density at radius 1 is 1.20 bits per heavy atom. The van der Waals surface area contributed by atoms with Crippen LogP contribution in [0.25, 0.3) is 6.08 Å². The van der Waals surface area contributed by atoms with E-state index in [0.717, 1.165) is 53.0 Å². The Kier molecular flexibility index (Phi) is 7.62. The third kappa shape index (κ3) is 4.53. The van der Waals surface area contributed by atoms with E-state index in [9.17, 15) is 9.59 Å². The van der Waals surface area contributed by atoms with Crippen molar-refractivity contribution in [3.05, 3.63) is 86.0 Å². The van der Waals surface area contributed by atoms with E-state index in [1.54, 1.807) is 24.5 Å². The van der Waals surface area contributed by atoms with Crippen molar-refractivity contribution in [1.29, 1.82) is 0 Å². The highest BCUT2D eigenvalue weighted by Gasteiger charge is 2.75. The predicted octanol–water partition coefficient (Wildman–Crippen LogP) is 6.03. The lowest BCUT2D eigenvalue weighted by atomic mass is 9.48. The van der Waals surface area contributed by atoms with Gasteiger partial charge in [0.1, 0.15) is 11.7 Å². The number of methoxy groups -OCH3 is 1. The summed E-state index contributed by atoms with van der Waals surface area (Å²) in [5.74, 6) is 1.08. The first kappa shape index (κ1) is 29.6. The molecule has 9 heteroatoms. The molecule has 7 rings (SSSR count). The number of halogens is 1. The maximum Gasteiger partial charge on any atom is 0.303 e. The highest BCUT2D eigenvalue weighted by Crippen LogP contribution is 2.67. The summed E-state index contributed by atoms with van der Waals surface area (Å²) in [7, 11) is 3.54. The average molecular weight is 678 g/mol. The van der Waals surface area contributed by atoms with Crippen LogP contribution in [-0.4, -0.2) is 72.7 Å². The predicted molar refractivity (Wildman–Crippen MR) is 174 cm³/mol. The van der Waals surface area contributed by atoms with Gasteiger partial charge in [0.05, 0.1) is 24.6 Å². The number of likely N-dealkylation sites (tertiary alicyclic amines) is 1. The molecule has 44 heavy (non-hydrogen) atoms. The van der Waals surface area contributed by atoms with Crippen LogP contribution in [-0.2, 0) is 32.6 Å². The molecule has 1 saturated heterocycles. The van der Waals surface area contributed by atoms with Crippen LogP contribution in [0.4, 0.5) is 0 Å². The summed E-state index contributed by atoms with van der Waals surface area (Å²) in [6.07, 6.45) is 6.91. The summed E-state index contributed by atoms with van der Waals surface area (Å²) in [4.78, 5) is 32.0. The van der Waals surface area contributed by atoms with E-state index in [2.05, 4.69) is 51.2 Å². The van der Waals surface area contributed by atoms with E-state index >= 15 is 0 Å². The molecular formula is C35H37BrN2O5S. The summed E-state index contributed by atoms with van der Waals surface area (Å²) in [5.41, 5.74) is 2.27. The molecule has 0 unspecified atom stereocenters. The minimum absolute atomic E-state index is 0.000867. The summed E-state index contributed by atoms with van der Waals surface area (Å²) < 4.78 is 20.4. The molecule has 1 saturated carbocycles. The number of amides is 1. The number of thiophene rings is 1. The standard InChI is InChI=1S/C35H37BrN2O5S/c1-22(39)43-35-15-13-27(37(2)30(40)12-10-26-20-25(36)21-44-26)33-34(35)16-18-38(17-14-23-7-5-4-6-8-23)29(35)19-24-9-11-28(41-3)32(42-33)31(24)34/h4-12,20-21,27,29,33H,13-19H2,1-3H3/b12-10+/t27-,29+,33-,34-,35+/m0/s1. The van der Waals surface area contributed by atoms with Crippen LogP contribution in [0.1, 0.15) is 47.8 Å². The zero-order valence-corrected chi connectivity index (χ0v) is 27.7. The molecule has 3 heterocycles. The van der Waals surface area contributed by atoms with Crippen molar-refractivity contribution in [3.8, 4) is 11.5 Å². The first-order valence-electron chi connectivity index (χ1n) is 15.3. The minimum atomic E-state index is -0.775. The number of esters is 1. The quantitative estimate of drug-likeness (QED) is 0.215. The number of carbonyl (C=O) groups is 2. The fraction of sp³-hybridized carbons (Fsp3) is 0.429. The van der Waals surface area contributed by atoms with E-state index in [1.165, 1.54) is 18.1 Å². The number of likely N-dealkylation sites (N-methyl/N-ethyl adjacent to an activating group) is 1. The second-order valence-corrected chi connectivity index (χ2v) is 14.3. The van der Waals surface area contributed by atoms with Crippen LogP contribution >= 0.6 is 27.3 Å². The van der Waals surface area contributed by atoms with Gasteiger partial charge in [0, 0.05) is 46.9 Å². The monoisotopic (exact) mass is 676 g/mol. The van der Waals surface area contributed by atoms with Crippen molar-refractivity contribution in [2.45, 2.75) is 68.2 Å². The zero-order chi connectivity index (χ0) is 30.6. The van der Waals surface area contributed by atoms with Gasteiger partial charge in [0.2, 0.25) is 5.91 Å². The van der Waals surface area contributed by atoms with Gasteiger partial charge in [0.25, 0.3) is 0 Å². The largest absolute Gasteiger partial charge is 0.493 e. The fourth-order valence-corrected chi connectivity index (χ4v) is 9.96. The van der Waals surface area contributed by atoms with E-state index < -0.39 is 11.0 Å². The second-order valence-electron chi connectivity index (χ2n) is 12.4. The topological polar surface area (TPSA) is 68.3 Å². The molecule has 4 aliphatic rings. The Labute approximate surface area is 270 Å². The molecule has 0 N–H and O–H groups in total. The maximum atomic E-state index is 13.6. The lowest BCUT2D eigenvalue weighted by Crippen LogP contribution is -2.79. The number of carbonyl (C=O) groups excluding carboxylic acids is 2. The summed E-state index contributed by atoms with van der Waals surface area (Å²) >= 11 is 5.07. The Morgan fingerprint density at radius 3 is 2.75 bits per heavy atom. The highest BCUT2D eigenvalue weighted by atomic mass is 79.9. The molecule has 1 amide bonds. The normalized spacial score (nSPS) is 28.3. The molecule has 3 aromatic rings. The van der Waals surface area contributed by atoms with E-state index in [1.807, 2.05) is 41.6 Å². The Morgan fingerprint density at radius 2 is 2.02 bits per heavy atom. The van der Waals surface area contributed by atoms with Gasteiger partial charge in [-0.1, -0.05) is 36.4 Å². The third-order valence-corrected chi connectivity index (χ3v) is 12.0. The van der Waals surface area contributed by atoms with Gasteiger partial charge in [-0.05, 0) is 83.9 Å². The van der Waals surface area contributed by atoms with Crippen LogP contribution in [0.15, 0.2) is 64.5 Å². The molecule has 1 spiro atoms. The lowest BCUT2D eigenvalue weighted by Gasteiger charge is -2.65. The Balaban J connectivity index is 1.29. The van der Waals surface area contributed by atoms with Crippen molar-refractivity contribution in [2.75, 3.05) is 27.2 Å². The smallest absolute Gasteiger partial charge is 0.303 e. The van der Waals surface area contributed by atoms with Gasteiger partial charge in [-0.25, -0.2) is 0 Å². The van der Waals surface area contributed by atoms with Gasteiger partial charge in [-0.2, -0.15) is 0 Å².